The third-order valence-electron chi connectivity index (χ3n) is 12.4. The molecule has 0 saturated heterocycles. The van der Waals surface area contributed by atoms with Gasteiger partial charge >= 0.3 is 11.8 Å². The zero-order chi connectivity index (χ0) is 49.9. The highest BCUT2D eigenvalue weighted by atomic mass is 32.2. The lowest BCUT2D eigenvalue weighted by Gasteiger charge is -2.31. The van der Waals surface area contributed by atoms with Gasteiger partial charge in [-0.05, 0) is 141 Å². The average molecular weight is 982 g/mol. The summed E-state index contributed by atoms with van der Waals surface area (Å²) in [5.74, 6) is -1.34. The summed E-state index contributed by atoms with van der Waals surface area (Å²) in [6.45, 7) is 27.3. The highest BCUT2D eigenvalue weighted by molar-refractivity contribution is 7.86. The van der Waals surface area contributed by atoms with Gasteiger partial charge in [-0.15, -0.1) is 0 Å². The Morgan fingerprint density at radius 2 is 1.33 bits per heavy atom. The molecule has 1 unspecified atom stereocenters. The van der Waals surface area contributed by atoms with Crippen LogP contribution in [0.25, 0.3) is 0 Å². The lowest BCUT2D eigenvalue weighted by atomic mass is 9.77. The van der Waals surface area contributed by atoms with Crippen molar-refractivity contribution in [2.45, 2.75) is 130 Å². The molecule has 0 bridgehead atoms. The summed E-state index contributed by atoms with van der Waals surface area (Å²) in [6, 6.07) is 7.82. The number of carboxylic acids is 1. The van der Waals surface area contributed by atoms with Crippen LogP contribution in [0.2, 0.25) is 0 Å². The molecule has 2 aliphatic rings. The van der Waals surface area contributed by atoms with Crippen molar-refractivity contribution in [2.75, 3.05) is 62.2 Å². The fourth-order valence-corrected chi connectivity index (χ4v) is 9.73. The molecule has 1 atom stereocenters. The predicted molar refractivity (Wildman–Crippen MR) is 256 cm³/mol. The Hall–Kier alpha value is -3.82. The molecular formula is C47H75N5O11S3. The van der Waals surface area contributed by atoms with Gasteiger partial charge in [-0.25, -0.2) is 29.8 Å². The summed E-state index contributed by atoms with van der Waals surface area (Å²) >= 11 is 0. The number of aryl methyl sites for hydroxylation is 1. The first kappa shape index (κ1) is 58.3. The Bertz CT molecular complexity index is 2330. The fourth-order valence-electron chi connectivity index (χ4n) is 8.26. The predicted octanol–water partition coefficient (Wildman–Crippen LogP) is 3.78. The van der Waals surface area contributed by atoms with Crippen molar-refractivity contribution in [2.24, 2.45) is 4.99 Å². The van der Waals surface area contributed by atoms with E-state index in [0.717, 1.165) is 11.3 Å². The van der Waals surface area contributed by atoms with E-state index in [-0.39, 0.29) is 25.8 Å². The number of rotatable bonds is 24. The summed E-state index contributed by atoms with van der Waals surface area (Å²) < 4.78 is 106. The largest absolute Gasteiger partial charge is 0.748 e. The van der Waals surface area contributed by atoms with Crippen LogP contribution in [-0.4, -0.2) is 113 Å². The molecule has 0 amide bonds. The van der Waals surface area contributed by atoms with Crippen LogP contribution in [-0.2, 0) is 52.5 Å². The number of hydrogen-bond donors (Lipinski definition) is 3. The third-order valence-corrected chi connectivity index (χ3v) is 14.9. The Morgan fingerprint density at radius 3 is 1.85 bits per heavy atom. The maximum Gasteiger partial charge on any atom is 0.327 e. The average Bonchev–Trinajstić information content (AvgIpc) is 3.63. The standard InChI is InChI=1S/C35H45N3O11S3.2C6H15N/c1-34(2)27-13-10-20-37(21-11-23-50(41,42)43)33(27)36-30(34)14-6-4-7-15-31-35(3,19-9-5-8-16-32(39)40)28-25-26(52(47,48)49)17-18-29(28)38(31)22-12-24-51(44,45)46;2*1-4-7(5-2)6-3/h4,6-7,10,13-15,17-18,20,25H,5,8-9,11-12,16,19,21-24H2,1-3H3,(H3-,39,40,41,42,43,44,45,46,47,48,49);2*4-6H2,1-3H3. The van der Waals surface area contributed by atoms with Gasteiger partial charge in [0.1, 0.15) is 10.1 Å². The van der Waals surface area contributed by atoms with E-state index in [9.17, 15) is 43.7 Å². The molecule has 3 heterocycles. The highest BCUT2D eigenvalue weighted by Crippen LogP contribution is 2.51. The molecule has 0 fully saturated rings. The SMILES string of the molecule is CC1(C)C(/C=C/C=C/C=C2\N(CCCS(=O)(=O)[O-])c3ccc(S(=O)(=O)[O-])cc3C2(C)CCCCCC(=O)O)=Nc2c1ccc[n+]2CCCS(=O)(=O)[O-].CC[NH+](CC)CC.CC[NH+](CC)CC. The number of anilines is 1. The number of allylic oxidation sites excluding steroid dienone is 6. The quantitative estimate of drug-likeness (QED) is 0.0590. The number of aliphatic carboxylic acids is 1. The zero-order valence-electron chi connectivity index (χ0n) is 40.5. The molecule has 2 aromatic rings. The molecule has 0 spiro atoms. The number of fused-ring (bicyclic) bond motifs is 2. The number of carbonyl (C=O) groups is 1. The van der Waals surface area contributed by atoms with Crippen LogP contribution in [0.1, 0.15) is 118 Å². The number of quaternary nitrogens is 2. The molecule has 2 aliphatic heterocycles. The molecule has 0 radical (unpaired) electrons. The first-order valence-electron chi connectivity index (χ1n) is 23.1. The molecule has 3 N–H and O–H groups in total. The Balaban J connectivity index is 0.000000923. The molecule has 4 rings (SSSR count). The molecule has 372 valence electrons. The van der Waals surface area contributed by atoms with Crippen molar-refractivity contribution in [1.29, 1.82) is 0 Å². The molecule has 66 heavy (non-hydrogen) atoms. The van der Waals surface area contributed by atoms with Gasteiger partial charge in [0, 0.05) is 41.3 Å². The first-order chi connectivity index (χ1) is 30.8. The van der Waals surface area contributed by atoms with E-state index in [1.807, 2.05) is 54.5 Å². The summed E-state index contributed by atoms with van der Waals surface area (Å²) in [4.78, 5) is 20.6. The minimum atomic E-state index is -4.81. The number of aromatic nitrogens is 1. The second-order valence-corrected chi connectivity index (χ2v) is 21.7. The minimum Gasteiger partial charge on any atom is -0.748 e. The molecule has 16 nitrogen and oxygen atoms in total. The van der Waals surface area contributed by atoms with Crippen molar-refractivity contribution < 1.29 is 63.2 Å². The van der Waals surface area contributed by atoms with Crippen LogP contribution in [0.3, 0.4) is 0 Å². The maximum absolute atomic E-state index is 12.0. The molecule has 1 aromatic carbocycles. The second-order valence-electron chi connectivity index (χ2n) is 17.3. The third kappa shape index (κ3) is 18.0. The monoisotopic (exact) mass is 981 g/mol. The van der Waals surface area contributed by atoms with Crippen LogP contribution in [0.5, 0.6) is 0 Å². The van der Waals surface area contributed by atoms with Gasteiger partial charge in [0.15, 0.2) is 5.71 Å². The van der Waals surface area contributed by atoms with E-state index in [2.05, 4.69) is 41.5 Å². The summed E-state index contributed by atoms with van der Waals surface area (Å²) in [7, 11) is -13.7. The van der Waals surface area contributed by atoms with E-state index in [4.69, 9.17) is 10.1 Å². The van der Waals surface area contributed by atoms with Gasteiger partial charge in [0.05, 0.1) is 88.1 Å². The topological polar surface area (TPSA) is 237 Å². The number of nitrogens with zero attached hydrogens (tertiary/aromatic N) is 3. The Morgan fingerprint density at radius 1 is 0.758 bits per heavy atom. The second kappa shape index (κ2) is 26.7. The molecule has 0 saturated carbocycles. The molecule has 1 aromatic heterocycles. The fraction of sp³-hybridized carbons (Fsp3) is 0.596. The number of benzene rings is 1. The van der Waals surface area contributed by atoms with Crippen molar-refractivity contribution in [3.8, 4) is 0 Å². The lowest BCUT2D eigenvalue weighted by molar-refractivity contribution is -0.894. The Kier molecular flexibility index (Phi) is 23.5. The number of carboxylic acid groups (broad SMARTS) is 1. The van der Waals surface area contributed by atoms with Crippen LogP contribution >= 0.6 is 0 Å². The van der Waals surface area contributed by atoms with Gasteiger partial charge in [0.25, 0.3) is 0 Å². The van der Waals surface area contributed by atoms with Gasteiger partial charge in [-0.3, -0.25) is 4.79 Å². The lowest BCUT2D eigenvalue weighted by Crippen LogP contribution is -3.11. The molecule has 0 aliphatic carbocycles. The van der Waals surface area contributed by atoms with E-state index < -0.39 is 63.6 Å². The van der Waals surface area contributed by atoms with Crippen molar-refractivity contribution >= 4 is 53.5 Å². The molecule has 19 heteroatoms. The van der Waals surface area contributed by atoms with E-state index in [0.29, 0.717) is 55.0 Å². The van der Waals surface area contributed by atoms with Crippen LogP contribution in [0.15, 0.2) is 82.5 Å². The van der Waals surface area contributed by atoms with Gasteiger partial charge in [-0.1, -0.05) is 31.1 Å². The van der Waals surface area contributed by atoms with E-state index in [1.54, 1.807) is 34.2 Å². The van der Waals surface area contributed by atoms with Gasteiger partial charge < -0.3 is 33.5 Å². The highest BCUT2D eigenvalue weighted by Gasteiger charge is 2.44. The smallest absolute Gasteiger partial charge is 0.327 e. The maximum atomic E-state index is 12.0. The van der Waals surface area contributed by atoms with Crippen LogP contribution < -0.4 is 19.3 Å². The van der Waals surface area contributed by atoms with E-state index in [1.165, 1.54) is 57.5 Å². The molecular weight excluding hydrogens is 907 g/mol. The number of unbranched alkanes of at least 4 members (excludes halogenated alkanes) is 2. The minimum absolute atomic E-state index is 0.00161. The Labute approximate surface area is 395 Å². The zero-order valence-corrected chi connectivity index (χ0v) is 42.9. The van der Waals surface area contributed by atoms with Gasteiger partial charge in [-0.2, -0.15) is 0 Å². The van der Waals surface area contributed by atoms with Crippen LogP contribution in [0, 0.1) is 0 Å². The number of hydrogen-bond acceptors (Lipinski definition) is 12. The first-order valence-corrected chi connectivity index (χ1v) is 27.7. The number of nitrogens with one attached hydrogen (secondary N) is 2. The van der Waals surface area contributed by atoms with Crippen molar-refractivity contribution in [3.63, 3.8) is 0 Å². The van der Waals surface area contributed by atoms with Gasteiger partial charge in [0.2, 0.25) is 0 Å². The number of aliphatic imine (C=N–C) groups is 1. The summed E-state index contributed by atoms with van der Waals surface area (Å²) in [6.07, 6.45) is 12.9. The normalized spacial score (nSPS) is 17.5. The summed E-state index contributed by atoms with van der Waals surface area (Å²) in [5, 5.41) is 9.06. The number of pyridine rings is 1. The van der Waals surface area contributed by atoms with E-state index >= 15 is 0 Å². The van der Waals surface area contributed by atoms with Crippen molar-refractivity contribution in [1.82, 2.24) is 0 Å². The van der Waals surface area contributed by atoms with Crippen LogP contribution in [0.4, 0.5) is 11.5 Å². The summed E-state index contributed by atoms with van der Waals surface area (Å²) in [5.41, 5.74) is 2.12. The van der Waals surface area contributed by atoms with Crippen molar-refractivity contribution in [3.05, 3.63) is 83.7 Å².